The first-order valence-electron chi connectivity index (χ1n) is 6.62. The number of aliphatic hydroxyl groups is 1. The van der Waals surface area contributed by atoms with Gasteiger partial charge in [0.1, 0.15) is 17.4 Å². The van der Waals surface area contributed by atoms with Gasteiger partial charge in [-0.25, -0.2) is 4.79 Å². The fraction of sp³-hybridized carbons (Fsp3) is 0.333. The summed E-state index contributed by atoms with van der Waals surface area (Å²) in [6.45, 7) is 3.51. The molecular formula is C15H17NO5. The third-order valence-electron chi connectivity index (χ3n) is 3.22. The summed E-state index contributed by atoms with van der Waals surface area (Å²) in [5.74, 6) is -0.201. The summed E-state index contributed by atoms with van der Waals surface area (Å²) in [5, 5.41) is 13.5. The van der Waals surface area contributed by atoms with Gasteiger partial charge in [0, 0.05) is 10.9 Å². The third kappa shape index (κ3) is 2.90. The Morgan fingerprint density at radius 1 is 1.48 bits per heavy atom. The topological polar surface area (TPSA) is 88.8 Å². The van der Waals surface area contributed by atoms with Crippen molar-refractivity contribution in [3.05, 3.63) is 35.6 Å². The maximum Gasteiger partial charge on any atom is 0.331 e. The summed E-state index contributed by atoms with van der Waals surface area (Å²) in [5.41, 5.74) is 1.08. The lowest BCUT2D eigenvalue weighted by Gasteiger charge is -2.20. The summed E-state index contributed by atoms with van der Waals surface area (Å²) >= 11 is 0. The number of hydrogen-bond donors (Lipinski definition) is 2. The fourth-order valence-corrected chi connectivity index (χ4v) is 2.32. The van der Waals surface area contributed by atoms with Crippen LogP contribution in [0.25, 0.3) is 11.0 Å². The van der Waals surface area contributed by atoms with E-state index in [-0.39, 0.29) is 6.61 Å². The van der Waals surface area contributed by atoms with Crippen molar-refractivity contribution in [3.63, 3.8) is 0 Å². The second kappa shape index (κ2) is 6.41. The van der Waals surface area contributed by atoms with E-state index in [4.69, 9.17) is 9.15 Å². The molecule has 2 unspecified atom stereocenters. The molecule has 2 aromatic rings. The first-order valence-corrected chi connectivity index (χ1v) is 6.62. The van der Waals surface area contributed by atoms with Crippen LogP contribution in [-0.2, 0) is 14.3 Å². The number of para-hydroxylation sites is 1. The van der Waals surface area contributed by atoms with Crippen LogP contribution >= 0.6 is 0 Å². The van der Waals surface area contributed by atoms with Gasteiger partial charge in [-0.3, -0.25) is 4.79 Å². The van der Waals surface area contributed by atoms with Crippen LogP contribution in [0, 0.1) is 6.92 Å². The van der Waals surface area contributed by atoms with Crippen molar-refractivity contribution in [1.29, 1.82) is 0 Å². The zero-order valence-corrected chi connectivity index (χ0v) is 11.8. The van der Waals surface area contributed by atoms with E-state index in [9.17, 15) is 14.7 Å². The van der Waals surface area contributed by atoms with Crippen LogP contribution < -0.4 is 5.32 Å². The molecule has 2 rings (SSSR count). The molecule has 0 spiro atoms. The molecule has 0 aliphatic rings. The van der Waals surface area contributed by atoms with Gasteiger partial charge < -0.3 is 19.6 Å². The number of carbonyl (C=O) groups is 2. The van der Waals surface area contributed by atoms with Crippen molar-refractivity contribution in [3.8, 4) is 0 Å². The first kappa shape index (κ1) is 15.1. The average Bonchev–Trinajstić information content (AvgIpc) is 2.80. The lowest BCUT2D eigenvalue weighted by Crippen LogP contribution is -2.42. The lowest BCUT2D eigenvalue weighted by molar-refractivity contribution is -0.149. The van der Waals surface area contributed by atoms with E-state index in [0.29, 0.717) is 28.7 Å². The van der Waals surface area contributed by atoms with Crippen molar-refractivity contribution in [1.82, 2.24) is 5.32 Å². The lowest BCUT2D eigenvalue weighted by atomic mass is 9.99. The number of furan rings is 1. The molecule has 0 aliphatic carbocycles. The number of aryl methyl sites for hydroxylation is 1. The Balaban J connectivity index is 2.43. The van der Waals surface area contributed by atoms with E-state index in [0.717, 1.165) is 0 Å². The van der Waals surface area contributed by atoms with E-state index in [1.165, 1.54) is 0 Å². The van der Waals surface area contributed by atoms with Crippen molar-refractivity contribution >= 4 is 23.3 Å². The Kier molecular flexibility index (Phi) is 4.59. The van der Waals surface area contributed by atoms with Gasteiger partial charge >= 0.3 is 5.97 Å². The van der Waals surface area contributed by atoms with Gasteiger partial charge in [0.15, 0.2) is 6.04 Å². The van der Waals surface area contributed by atoms with Gasteiger partial charge in [-0.05, 0) is 19.9 Å². The maximum absolute atomic E-state index is 11.9. The predicted molar refractivity (Wildman–Crippen MR) is 75.5 cm³/mol. The molecule has 1 aromatic heterocycles. The van der Waals surface area contributed by atoms with Gasteiger partial charge in [-0.1, -0.05) is 18.2 Å². The molecule has 2 atom stereocenters. The highest BCUT2D eigenvalue weighted by Gasteiger charge is 2.32. The molecule has 0 aliphatic heterocycles. The van der Waals surface area contributed by atoms with Gasteiger partial charge in [-0.15, -0.1) is 0 Å². The highest BCUT2D eigenvalue weighted by molar-refractivity contribution is 5.85. The van der Waals surface area contributed by atoms with Crippen LogP contribution in [0.1, 0.15) is 24.4 Å². The molecule has 2 N–H and O–H groups in total. The van der Waals surface area contributed by atoms with Crippen molar-refractivity contribution in [2.75, 3.05) is 6.61 Å². The highest BCUT2D eigenvalue weighted by atomic mass is 16.5. The quantitative estimate of drug-likeness (QED) is 0.621. The van der Waals surface area contributed by atoms with Crippen LogP contribution in [0.4, 0.5) is 0 Å². The average molecular weight is 291 g/mol. The van der Waals surface area contributed by atoms with Gasteiger partial charge in [-0.2, -0.15) is 0 Å². The summed E-state index contributed by atoms with van der Waals surface area (Å²) < 4.78 is 10.4. The number of carbonyl (C=O) groups excluding carboxylic acids is 2. The third-order valence-corrected chi connectivity index (χ3v) is 3.22. The van der Waals surface area contributed by atoms with E-state index < -0.39 is 18.1 Å². The monoisotopic (exact) mass is 291 g/mol. The van der Waals surface area contributed by atoms with Crippen molar-refractivity contribution in [2.24, 2.45) is 0 Å². The zero-order valence-electron chi connectivity index (χ0n) is 11.8. The normalized spacial score (nSPS) is 13.7. The van der Waals surface area contributed by atoms with E-state index >= 15 is 0 Å². The zero-order chi connectivity index (χ0) is 15.4. The Labute approximate surface area is 121 Å². The predicted octanol–water partition coefficient (Wildman–Crippen LogP) is 1.45. The molecule has 6 nitrogen and oxygen atoms in total. The molecule has 21 heavy (non-hydrogen) atoms. The molecule has 0 saturated carbocycles. The molecule has 1 aromatic carbocycles. The molecule has 6 heteroatoms. The minimum Gasteiger partial charge on any atom is -0.464 e. The Morgan fingerprint density at radius 2 is 2.19 bits per heavy atom. The number of benzene rings is 1. The Bertz CT molecular complexity index is 649. The second-order valence-electron chi connectivity index (χ2n) is 4.53. The molecule has 0 fully saturated rings. The molecule has 0 radical (unpaired) electrons. The largest absolute Gasteiger partial charge is 0.464 e. The molecular weight excluding hydrogens is 274 g/mol. The van der Waals surface area contributed by atoms with Crippen molar-refractivity contribution < 1.29 is 23.8 Å². The summed E-state index contributed by atoms with van der Waals surface area (Å²) in [7, 11) is 0. The fourth-order valence-electron chi connectivity index (χ4n) is 2.32. The SMILES string of the molecule is CCOC(=O)C(NC=O)C(O)c1c(C)oc2ccccc12. The van der Waals surface area contributed by atoms with E-state index in [2.05, 4.69) is 5.32 Å². The minimum atomic E-state index is -1.25. The smallest absolute Gasteiger partial charge is 0.331 e. The second-order valence-corrected chi connectivity index (χ2v) is 4.53. The van der Waals surface area contributed by atoms with Gasteiger partial charge in [0.2, 0.25) is 6.41 Å². The van der Waals surface area contributed by atoms with Gasteiger partial charge in [0.05, 0.1) is 6.61 Å². The molecule has 0 saturated heterocycles. The molecule has 0 bridgehead atoms. The van der Waals surface area contributed by atoms with Gasteiger partial charge in [0.25, 0.3) is 0 Å². The van der Waals surface area contributed by atoms with E-state index in [1.54, 1.807) is 32.0 Å². The maximum atomic E-state index is 11.9. The number of nitrogens with one attached hydrogen (secondary N) is 1. The van der Waals surface area contributed by atoms with Crippen LogP contribution in [0.5, 0.6) is 0 Å². The van der Waals surface area contributed by atoms with E-state index in [1.807, 2.05) is 6.07 Å². The molecule has 1 heterocycles. The summed E-state index contributed by atoms with van der Waals surface area (Å²) in [6.07, 6.45) is -0.888. The minimum absolute atomic E-state index is 0.160. The number of hydrogen-bond acceptors (Lipinski definition) is 5. The van der Waals surface area contributed by atoms with Crippen LogP contribution in [0.3, 0.4) is 0 Å². The summed E-state index contributed by atoms with van der Waals surface area (Å²) in [6, 6.07) is 5.99. The molecule has 112 valence electrons. The number of fused-ring (bicyclic) bond motifs is 1. The van der Waals surface area contributed by atoms with Crippen molar-refractivity contribution in [2.45, 2.75) is 26.0 Å². The number of amides is 1. The summed E-state index contributed by atoms with van der Waals surface area (Å²) in [4.78, 5) is 22.6. The first-order chi connectivity index (χ1) is 10.1. The number of rotatable bonds is 6. The Morgan fingerprint density at radius 3 is 2.86 bits per heavy atom. The standard InChI is InChI=1S/C15H17NO5/c1-3-20-15(19)13(16-8-17)14(18)12-9(2)21-11-7-5-4-6-10(11)12/h4-8,13-14,18H,3H2,1-2H3,(H,16,17). The van der Waals surface area contributed by atoms with Crippen LogP contribution in [0.2, 0.25) is 0 Å². The number of ether oxygens (including phenoxy) is 1. The van der Waals surface area contributed by atoms with Crippen LogP contribution in [-0.4, -0.2) is 30.1 Å². The Hall–Kier alpha value is -2.34. The molecule has 1 amide bonds. The highest BCUT2D eigenvalue weighted by Crippen LogP contribution is 2.32. The van der Waals surface area contributed by atoms with Crippen LogP contribution in [0.15, 0.2) is 28.7 Å². The number of esters is 1. The number of aliphatic hydroxyl groups excluding tert-OH is 1.